The van der Waals surface area contributed by atoms with Crippen molar-refractivity contribution in [1.29, 1.82) is 0 Å². The average molecular weight is 534 g/mol. The maximum absolute atomic E-state index is 13.7. The summed E-state index contributed by atoms with van der Waals surface area (Å²) in [7, 11) is 0. The molecule has 0 aromatic heterocycles. The van der Waals surface area contributed by atoms with E-state index in [0.29, 0.717) is 22.9 Å². The number of hydrogen-bond donors (Lipinski definition) is 4. The lowest BCUT2D eigenvalue weighted by atomic mass is 10.0. The van der Waals surface area contributed by atoms with Crippen LogP contribution < -0.4 is 21.3 Å². The number of carbonyl (C=O) groups excluding carboxylic acids is 2. The van der Waals surface area contributed by atoms with Gasteiger partial charge in [0.1, 0.15) is 6.04 Å². The summed E-state index contributed by atoms with van der Waals surface area (Å²) in [6.07, 6.45) is -0.788. The van der Waals surface area contributed by atoms with Crippen molar-refractivity contribution < 1.29 is 9.59 Å². The van der Waals surface area contributed by atoms with E-state index < -0.39 is 24.0 Å². The minimum atomic E-state index is -1.14. The van der Waals surface area contributed by atoms with Gasteiger partial charge in [-0.2, -0.15) is 0 Å². The SMILES string of the molecule is O=C(N[C@H]1N=C(c2ccccc2)c2ccccc2NC1=O)[C@H](Cc1ccccc1)NC(=S)Nc1ccccc1. The number of aliphatic imine (C=N–C) groups is 1. The number of nitrogens with one attached hydrogen (secondary N) is 4. The second-order valence-corrected chi connectivity index (χ2v) is 9.40. The first-order valence-corrected chi connectivity index (χ1v) is 13.0. The number of fused-ring (bicyclic) bond motifs is 1. The standard InChI is InChI=1S/C31H27N5O2S/c37-29(26(20-21-12-4-1-5-13-21)34-31(39)32-23-16-8-3-9-17-23)36-28-30(38)33-25-19-11-10-18-24(25)27(35-28)22-14-6-2-7-15-22/h1-19,26,28H,20H2,(H,33,38)(H,36,37)(H2,32,34,39)/t26-,28+/m0/s1. The summed E-state index contributed by atoms with van der Waals surface area (Å²) in [4.78, 5) is 31.7. The fourth-order valence-corrected chi connectivity index (χ4v) is 4.58. The van der Waals surface area contributed by atoms with Gasteiger partial charge >= 0.3 is 0 Å². The molecule has 39 heavy (non-hydrogen) atoms. The summed E-state index contributed by atoms with van der Waals surface area (Å²) in [5.41, 5.74) is 4.61. The third-order valence-electron chi connectivity index (χ3n) is 6.21. The number of anilines is 2. The Morgan fingerprint density at radius 2 is 1.46 bits per heavy atom. The first-order chi connectivity index (χ1) is 19.1. The summed E-state index contributed by atoms with van der Waals surface area (Å²) < 4.78 is 0. The van der Waals surface area contributed by atoms with Crippen LogP contribution in [0.2, 0.25) is 0 Å². The van der Waals surface area contributed by atoms with Crippen LogP contribution >= 0.6 is 12.2 Å². The van der Waals surface area contributed by atoms with Gasteiger partial charge in [-0.15, -0.1) is 0 Å². The quantitative estimate of drug-likeness (QED) is 0.262. The first kappa shape index (κ1) is 25.8. The molecule has 0 bridgehead atoms. The van der Waals surface area contributed by atoms with Gasteiger partial charge in [-0.1, -0.05) is 97.1 Å². The zero-order chi connectivity index (χ0) is 27.0. The molecule has 4 aromatic rings. The molecule has 1 aliphatic rings. The zero-order valence-corrected chi connectivity index (χ0v) is 21.8. The van der Waals surface area contributed by atoms with E-state index in [1.165, 1.54) is 0 Å². The van der Waals surface area contributed by atoms with Crippen molar-refractivity contribution >= 4 is 46.2 Å². The molecular weight excluding hydrogens is 506 g/mol. The van der Waals surface area contributed by atoms with Gasteiger partial charge in [0.2, 0.25) is 12.1 Å². The van der Waals surface area contributed by atoms with Gasteiger partial charge in [-0.25, -0.2) is 4.99 Å². The molecule has 7 nitrogen and oxygen atoms in total. The molecule has 0 aliphatic carbocycles. The molecule has 1 heterocycles. The van der Waals surface area contributed by atoms with Gasteiger partial charge in [-0.05, 0) is 36.0 Å². The Bertz CT molecular complexity index is 1490. The van der Waals surface area contributed by atoms with Crippen LogP contribution in [-0.4, -0.2) is 34.8 Å². The van der Waals surface area contributed by atoms with Crippen molar-refractivity contribution in [3.05, 3.63) is 132 Å². The Morgan fingerprint density at radius 3 is 2.18 bits per heavy atom. The fraction of sp³-hybridized carbons (Fsp3) is 0.0968. The van der Waals surface area contributed by atoms with E-state index in [1.54, 1.807) is 0 Å². The van der Waals surface area contributed by atoms with Gasteiger partial charge in [0, 0.05) is 23.2 Å². The third kappa shape index (κ3) is 6.55. The van der Waals surface area contributed by atoms with E-state index in [2.05, 4.69) is 21.3 Å². The Labute approximate surface area is 232 Å². The molecule has 0 radical (unpaired) electrons. The number of amides is 2. The molecule has 4 aromatic carbocycles. The highest BCUT2D eigenvalue weighted by atomic mass is 32.1. The lowest BCUT2D eigenvalue weighted by Gasteiger charge is -2.22. The number of rotatable bonds is 7. The van der Waals surface area contributed by atoms with Gasteiger partial charge < -0.3 is 21.3 Å². The topological polar surface area (TPSA) is 94.6 Å². The van der Waals surface area contributed by atoms with Crippen molar-refractivity contribution in [3.63, 3.8) is 0 Å². The highest BCUT2D eigenvalue weighted by Crippen LogP contribution is 2.23. The number of benzodiazepines with no additional fused rings is 1. The summed E-state index contributed by atoms with van der Waals surface area (Å²) in [5.74, 6) is -0.830. The second kappa shape index (κ2) is 12.1. The number of thiocarbonyl (C=S) groups is 1. The van der Waals surface area contributed by atoms with Crippen molar-refractivity contribution in [3.8, 4) is 0 Å². The number of hydrogen-bond acceptors (Lipinski definition) is 4. The van der Waals surface area contributed by atoms with E-state index in [9.17, 15) is 9.59 Å². The largest absolute Gasteiger partial charge is 0.350 e. The monoisotopic (exact) mass is 533 g/mol. The van der Waals surface area contributed by atoms with Gasteiger partial charge in [0.05, 0.1) is 11.4 Å². The van der Waals surface area contributed by atoms with Crippen LogP contribution in [-0.2, 0) is 16.0 Å². The van der Waals surface area contributed by atoms with Gasteiger partial charge in [0.15, 0.2) is 5.11 Å². The summed E-state index contributed by atoms with van der Waals surface area (Å²) in [6.45, 7) is 0. The smallest absolute Gasteiger partial charge is 0.269 e. The number of para-hydroxylation sites is 2. The molecule has 0 saturated carbocycles. The van der Waals surface area contributed by atoms with Gasteiger partial charge in [-0.3, -0.25) is 9.59 Å². The lowest BCUT2D eigenvalue weighted by Crippen LogP contribution is -2.53. The van der Waals surface area contributed by atoms with Crippen molar-refractivity contribution in [2.75, 3.05) is 10.6 Å². The molecule has 0 saturated heterocycles. The molecule has 0 unspecified atom stereocenters. The van der Waals surface area contributed by atoms with Crippen molar-refractivity contribution in [2.45, 2.75) is 18.6 Å². The number of nitrogens with zero attached hydrogens (tertiary/aromatic N) is 1. The van der Waals surface area contributed by atoms with Crippen molar-refractivity contribution in [2.24, 2.45) is 4.99 Å². The van der Waals surface area contributed by atoms with E-state index >= 15 is 0 Å². The number of carbonyl (C=O) groups is 2. The normalized spacial score (nSPS) is 15.0. The second-order valence-electron chi connectivity index (χ2n) is 9.00. The van der Waals surface area contributed by atoms with Crippen LogP contribution in [0.5, 0.6) is 0 Å². The molecule has 194 valence electrons. The fourth-order valence-electron chi connectivity index (χ4n) is 4.32. The van der Waals surface area contributed by atoms with Crippen LogP contribution in [0.3, 0.4) is 0 Å². The molecule has 2 amide bonds. The van der Waals surface area contributed by atoms with Crippen molar-refractivity contribution in [1.82, 2.24) is 10.6 Å². The summed E-state index contributed by atoms with van der Waals surface area (Å²) in [6, 6.07) is 35.4. The third-order valence-corrected chi connectivity index (χ3v) is 6.43. The minimum Gasteiger partial charge on any atom is -0.350 e. The predicted molar refractivity (Wildman–Crippen MR) is 159 cm³/mol. The van der Waals surface area contributed by atoms with Gasteiger partial charge in [0.25, 0.3) is 5.91 Å². The predicted octanol–water partition coefficient (Wildman–Crippen LogP) is 4.52. The maximum atomic E-state index is 13.7. The van der Waals surface area contributed by atoms with E-state index in [4.69, 9.17) is 17.2 Å². The zero-order valence-electron chi connectivity index (χ0n) is 21.0. The average Bonchev–Trinajstić information content (AvgIpc) is 3.10. The highest BCUT2D eigenvalue weighted by Gasteiger charge is 2.30. The Balaban J connectivity index is 1.41. The lowest BCUT2D eigenvalue weighted by molar-refractivity contribution is -0.127. The summed E-state index contributed by atoms with van der Waals surface area (Å²) >= 11 is 5.52. The van der Waals surface area contributed by atoms with E-state index in [1.807, 2.05) is 115 Å². The highest BCUT2D eigenvalue weighted by molar-refractivity contribution is 7.80. The van der Waals surface area contributed by atoms with Crippen LogP contribution in [0.1, 0.15) is 16.7 Å². The molecule has 0 fully saturated rings. The van der Waals surface area contributed by atoms with E-state index in [-0.39, 0.29) is 0 Å². The summed E-state index contributed by atoms with van der Waals surface area (Å²) in [5, 5.41) is 12.3. The van der Waals surface area contributed by atoms with E-state index in [0.717, 1.165) is 22.4 Å². The molecule has 2 atom stereocenters. The molecule has 5 rings (SSSR count). The maximum Gasteiger partial charge on any atom is 0.269 e. The Hall–Kier alpha value is -4.82. The molecular formula is C31H27N5O2S. The first-order valence-electron chi connectivity index (χ1n) is 12.6. The van der Waals surface area contributed by atoms with Crippen LogP contribution in [0.25, 0.3) is 0 Å². The van der Waals surface area contributed by atoms with Crippen LogP contribution in [0.4, 0.5) is 11.4 Å². The molecule has 4 N–H and O–H groups in total. The van der Waals surface area contributed by atoms with Crippen LogP contribution in [0, 0.1) is 0 Å². The molecule has 8 heteroatoms. The molecule has 1 aliphatic heterocycles. The minimum absolute atomic E-state index is 0.295. The van der Waals surface area contributed by atoms with Crippen LogP contribution in [0.15, 0.2) is 120 Å². The number of benzene rings is 4. The molecule has 0 spiro atoms. The Morgan fingerprint density at radius 1 is 0.846 bits per heavy atom. The Kier molecular flexibility index (Phi) is 8.04.